The fraction of sp³-hybridized carbons (Fsp3) is 0.273. The maximum atomic E-state index is 11.2. The first-order valence-corrected chi connectivity index (χ1v) is 5.10. The van der Waals surface area contributed by atoms with Gasteiger partial charge in [-0.05, 0) is 5.56 Å². The Kier molecular flexibility index (Phi) is 4.31. The van der Waals surface area contributed by atoms with E-state index in [1.54, 1.807) is 24.3 Å². The zero-order valence-corrected chi connectivity index (χ0v) is 8.91. The highest BCUT2D eigenvalue weighted by molar-refractivity contribution is 6.27. The Morgan fingerprint density at radius 3 is 2.33 bits per heavy atom. The molecule has 0 heterocycles. The van der Waals surface area contributed by atoms with Crippen LogP contribution in [-0.2, 0) is 9.59 Å². The molecule has 1 unspecified atom stereocenters. The van der Waals surface area contributed by atoms with E-state index in [-0.39, 0.29) is 18.1 Å². The molecule has 0 aliphatic carbocycles. The second-order valence-corrected chi connectivity index (χ2v) is 3.51. The molecule has 15 heavy (non-hydrogen) atoms. The van der Waals surface area contributed by atoms with Crippen molar-refractivity contribution in [3.63, 3.8) is 0 Å². The molecule has 3 nitrogen and oxygen atoms in total. The summed E-state index contributed by atoms with van der Waals surface area (Å²) in [6.45, 7) is 0. The van der Waals surface area contributed by atoms with Crippen molar-refractivity contribution < 1.29 is 9.59 Å². The monoisotopic (exact) mass is 225 g/mol. The van der Waals surface area contributed by atoms with Crippen LogP contribution in [0.15, 0.2) is 30.3 Å². The number of primary amides is 1. The standard InChI is InChI=1S/C11H12ClNO2/c12-7-9(14)6-10(11(13)15)8-4-2-1-3-5-8/h1-5,10H,6-7H2,(H2,13,15). The lowest BCUT2D eigenvalue weighted by Crippen LogP contribution is -2.24. The Morgan fingerprint density at radius 2 is 1.87 bits per heavy atom. The van der Waals surface area contributed by atoms with Crippen LogP contribution in [-0.4, -0.2) is 17.6 Å². The van der Waals surface area contributed by atoms with Gasteiger partial charge in [0.2, 0.25) is 5.91 Å². The molecule has 0 aliphatic rings. The first-order valence-electron chi connectivity index (χ1n) is 4.57. The Morgan fingerprint density at radius 1 is 1.27 bits per heavy atom. The number of hydrogen-bond acceptors (Lipinski definition) is 2. The minimum Gasteiger partial charge on any atom is -0.369 e. The minimum atomic E-state index is -0.572. The third kappa shape index (κ3) is 3.36. The van der Waals surface area contributed by atoms with Gasteiger partial charge in [0.1, 0.15) is 5.78 Å². The number of alkyl halides is 1. The summed E-state index contributed by atoms with van der Waals surface area (Å²) in [6, 6.07) is 8.99. The number of rotatable bonds is 5. The predicted molar refractivity (Wildman–Crippen MR) is 58.7 cm³/mol. The van der Waals surface area contributed by atoms with Gasteiger partial charge in [-0.25, -0.2) is 0 Å². The van der Waals surface area contributed by atoms with E-state index in [0.29, 0.717) is 0 Å². The number of halogens is 1. The van der Waals surface area contributed by atoms with Crippen LogP contribution < -0.4 is 5.73 Å². The number of hydrogen-bond donors (Lipinski definition) is 1. The summed E-state index contributed by atoms with van der Waals surface area (Å²) in [5.41, 5.74) is 5.99. The Hall–Kier alpha value is -1.35. The van der Waals surface area contributed by atoms with Crippen molar-refractivity contribution >= 4 is 23.3 Å². The van der Waals surface area contributed by atoms with E-state index in [1.165, 1.54) is 0 Å². The van der Waals surface area contributed by atoms with E-state index in [9.17, 15) is 9.59 Å². The Bertz CT molecular complexity index is 351. The molecule has 1 rings (SSSR count). The summed E-state index contributed by atoms with van der Waals surface area (Å²) in [5, 5.41) is 0. The van der Waals surface area contributed by atoms with Gasteiger partial charge in [-0.2, -0.15) is 0 Å². The molecule has 0 bridgehead atoms. The smallest absolute Gasteiger partial charge is 0.225 e. The summed E-state index contributed by atoms with van der Waals surface area (Å²) < 4.78 is 0. The molecule has 0 spiro atoms. The number of ketones is 1. The van der Waals surface area contributed by atoms with Crippen molar-refractivity contribution in [1.29, 1.82) is 0 Å². The normalized spacial score (nSPS) is 12.1. The minimum absolute atomic E-state index is 0.0723. The first kappa shape index (κ1) is 11.7. The van der Waals surface area contributed by atoms with Gasteiger partial charge in [-0.15, -0.1) is 11.6 Å². The van der Waals surface area contributed by atoms with E-state index in [4.69, 9.17) is 17.3 Å². The van der Waals surface area contributed by atoms with Gasteiger partial charge in [0.15, 0.2) is 0 Å². The lowest BCUT2D eigenvalue weighted by molar-refractivity contribution is -0.124. The summed E-state index contributed by atoms with van der Waals surface area (Å²) in [5.74, 6) is -1.34. The largest absolute Gasteiger partial charge is 0.369 e. The molecule has 0 fully saturated rings. The molecule has 1 atom stereocenters. The topological polar surface area (TPSA) is 60.2 Å². The van der Waals surface area contributed by atoms with Crippen molar-refractivity contribution in [2.45, 2.75) is 12.3 Å². The lowest BCUT2D eigenvalue weighted by Gasteiger charge is -2.11. The molecule has 1 amide bonds. The zero-order valence-electron chi connectivity index (χ0n) is 8.15. The van der Waals surface area contributed by atoms with E-state index >= 15 is 0 Å². The van der Waals surface area contributed by atoms with Gasteiger partial charge in [0, 0.05) is 6.42 Å². The van der Waals surface area contributed by atoms with Crippen LogP contribution in [0.1, 0.15) is 17.9 Å². The summed E-state index contributed by atoms with van der Waals surface area (Å²) in [4.78, 5) is 22.3. The van der Waals surface area contributed by atoms with Crippen LogP contribution in [0.5, 0.6) is 0 Å². The van der Waals surface area contributed by atoms with Gasteiger partial charge in [0.25, 0.3) is 0 Å². The van der Waals surface area contributed by atoms with E-state index in [0.717, 1.165) is 5.56 Å². The van der Waals surface area contributed by atoms with Gasteiger partial charge >= 0.3 is 0 Å². The molecule has 0 radical (unpaired) electrons. The van der Waals surface area contributed by atoms with Crippen molar-refractivity contribution in [3.8, 4) is 0 Å². The molecule has 2 N–H and O–H groups in total. The van der Waals surface area contributed by atoms with Crippen LogP contribution in [0.25, 0.3) is 0 Å². The maximum Gasteiger partial charge on any atom is 0.225 e. The van der Waals surface area contributed by atoms with Crippen molar-refractivity contribution in [3.05, 3.63) is 35.9 Å². The molecule has 0 aliphatic heterocycles. The molecule has 0 aromatic heterocycles. The van der Waals surface area contributed by atoms with Crippen molar-refractivity contribution in [1.82, 2.24) is 0 Å². The maximum absolute atomic E-state index is 11.2. The number of carbonyl (C=O) groups excluding carboxylic acids is 2. The molecular formula is C11H12ClNO2. The number of carbonyl (C=O) groups is 2. The fourth-order valence-corrected chi connectivity index (χ4v) is 1.46. The van der Waals surface area contributed by atoms with Crippen molar-refractivity contribution in [2.75, 3.05) is 5.88 Å². The number of amides is 1. The Labute approximate surface area is 93.2 Å². The van der Waals surface area contributed by atoms with E-state index < -0.39 is 11.8 Å². The highest BCUT2D eigenvalue weighted by atomic mass is 35.5. The molecule has 1 aromatic rings. The highest BCUT2D eigenvalue weighted by Crippen LogP contribution is 2.19. The molecule has 0 saturated heterocycles. The number of nitrogens with two attached hydrogens (primary N) is 1. The van der Waals surface area contributed by atoms with Crippen LogP contribution in [0.3, 0.4) is 0 Å². The number of Topliss-reactive ketones (excluding diaryl/α,β-unsaturated/α-hetero) is 1. The average Bonchev–Trinajstić information content (AvgIpc) is 2.26. The van der Waals surface area contributed by atoms with Crippen LogP contribution in [0.2, 0.25) is 0 Å². The molecular weight excluding hydrogens is 214 g/mol. The van der Waals surface area contributed by atoms with Gasteiger partial charge in [-0.3, -0.25) is 9.59 Å². The highest BCUT2D eigenvalue weighted by Gasteiger charge is 2.20. The summed E-state index contributed by atoms with van der Waals surface area (Å²) in [7, 11) is 0. The molecule has 80 valence electrons. The molecule has 4 heteroatoms. The molecule has 1 aromatic carbocycles. The van der Waals surface area contributed by atoms with Crippen molar-refractivity contribution in [2.24, 2.45) is 5.73 Å². The second-order valence-electron chi connectivity index (χ2n) is 3.24. The van der Waals surface area contributed by atoms with Crippen LogP contribution in [0.4, 0.5) is 0 Å². The third-order valence-electron chi connectivity index (χ3n) is 2.13. The fourth-order valence-electron chi connectivity index (χ4n) is 1.35. The van der Waals surface area contributed by atoms with Crippen LogP contribution >= 0.6 is 11.6 Å². The third-order valence-corrected chi connectivity index (χ3v) is 2.42. The first-order chi connectivity index (χ1) is 7.15. The number of benzene rings is 1. The van der Waals surface area contributed by atoms with E-state index in [1.807, 2.05) is 6.07 Å². The summed E-state index contributed by atoms with van der Waals surface area (Å²) >= 11 is 5.39. The summed E-state index contributed by atoms with van der Waals surface area (Å²) in [6.07, 6.45) is 0.0723. The molecule has 0 saturated carbocycles. The average molecular weight is 226 g/mol. The zero-order chi connectivity index (χ0) is 11.3. The van der Waals surface area contributed by atoms with Gasteiger partial charge < -0.3 is 5.73 Å². The quantitative estimate of drug-likeness (QED) is 0.772. The SMILES string of the molecule is NC(=O)C(CC(=O)CCl)c1ccccc1. The van der Waals surface area contributed by atoms with Gasteiger partial charge in [0.05, 0.1) is 11.8 Å². The lowest BCUT2D eigenvalue weighted by atomic mass is 9.93. The van der Waals surface area contributed by atoms with Gasteiger partial charge in [-0.1, -0.05) is 30.3 Å². The van der Waals surface area contributed by atoms with Crippen LogP contribution in [0, 0.1) is 0 Å². The predicted octanol–water partition coefficient (Wildman–Crippen LogP) is 1.45. The Balaban J connectivity index is 2.84. The second kappa shape index (κ2) is 5.51. The van der Waals surface area contributed by atoms with E-state index in [2.05, 4.69) is 0 Å².